The molecular weight excluding hydrogens is 465 g/mol. The van der Waals surface area contributed by atoms with Gasteiger partial charge in [-0.05, 0) is 48.0 Å². The Labute approximate surface area is 195 Å². The predicted molar refractivity (Wildman–Crippen MR) is 124 cm³/mol. The van der Waals surface area contributed by atoms with E-state index in [1.165, 1.54) is 56.4 Å². The first-order valence-electron chi connectivity index (χ1n) is 10.1. The molecule has 1 aliphatic heterocycles. The van der Waals surface area contributed by atoms with E-state index in [1.54, 1.807) is 18.2 Å². The third-order valence-corrected chi connectivity index (χ3v) is 6.66. The lowest BCUT2D eigenvalue weighted by Crippen LogP contribution is -2.14. The number of carbonyl (C=O) groups excluding carboxylic acids is 1. The third-order valence-electron chi connectivity index (χ3n) is 5.21. The SMILES string of the molecule is COc1cc(C=CC(=O)Nc2c3c(nn2-c2ccc(F)cc2)CS(=O)(=O)C3)cc(OC)c1OC. The lowest BCUT2D eigenvalue weighted by Gasteiger charge is -2.13. The van der Waals surface area contributed by atoms with Crippen LogP contribution >= 0.6 is 0 Å². The summed E-state index contributed by atoms with van der Waals surface area (Å²) in [7, 11) is 1.12. The minimum atomic E-state index is -3.35. The van der Waals surface area contributed by atoms with Gasteiger partial charge in [0.05, 0.1) is 44.2 Å². The van der Waals surface area contributed by atoms with Crippen LogP contribution in [0.15, 0.2) is 42.5 Å². The molecule has 0 bridgehead atoms. The topological polar surface area (TPSA) is 109 Å². The van der Waals surface area contributed by atoms with Gasteiger partial charge >= 0.3 is 0 Å². The van der Waals surface area contributed by atoms with Crippen molar-refractivity contribution in [1.29, 1.82) is 0 Å². The number of fused-ring (bicyclic) bond motifs is 1. The minimum Gasteiger partial charge on any atom is -0.493 e. The Morgan fingerprint density at radius 3 is 2.29 bits per heavy atom. The highest BCUT2D eigenvalue weighted by Gasteiger charge is 2.33. The summed E-state index contributed by atoms with van der Waals surface area (Å²) in [4.78, 5) is 12.8. The van der Waals surface area contributed by atoms with Gasteiger partial charge in [0, 0.05) is 11.6 Å². The smallest absolute Gasteiger partial charge is 0.249 e. The Morgan fingerprint density at radius 2 is 1.71 bits per heavy atom. The average Bonchev–Trinajstić information content (AvgIpc) is 3.29. The Morgan fingerprint density at radius 1 is 1.06 bits per heavy atom. The summed E-state index contributed by atoms with van der Waals surface area (Å²) in [6.07, 6.45) is 2.84. The second-order valence-corrected chi connectivity index (χ2v) is 9.54. The number of methoxy groups -OCH3 is 3. The van der Waals surface area contributed by atoms with Crippen LogP contribution in [0.5, 0.6) is 17.2 Å². The monoisotopic (exact) mass is 487 g/mol. The Hall–Kier alpha value is -3.86. The standard InChI is InChI=1S/C23H22FN3O6S/c1-31-19-10-14(11-20(32-2)22(19)33-3)4-9-21(28)25-23-17-12-34(29,30)13-18(17)26-27(23)16-7-5-15(24)6-8-16/h4-11H,12-13H2,1-3H3,(H,25,28). The molecule has 0 fully saturated rings. The van der Waals surface area contributed by atoms with E-state index in [9.17, 15) is 17.6 Å². The van der Waals surface area contributed by atoms with Crippen LogP contribution in [0.25, 0.3) is 11.8 Å². The van der Waals surface area contributed by atoms with Gasteiger partial charge in [0.15, 0.2) is 21.3 Å². The lowest BCUT2D eigenvalue weighted by molar-refractivity contribution is -0.111. The normalized spacial score (nSPS) is 14.1. The fourth-order valence-electron chi connectivity index (χ4n) is 3.67. The highest BCUT2D eigenvalue weighted by Crippen LogP contribution is 2.38. The van der Waals surface area contributed by atoms with E-state index >= 15 is 0 Å². The zero-order chi connectivity index (χ0) is 24.5. The van der Waals surface area contributed by atoms with Crippen LogP contribution in [0.4, 0.5) is 10.2 Å². The number of ether oxygens (including phenoxy) is 3. The zero-order valence-electron chi connectivity index (χ0n) is 18.7. The number of benzene rings is 2. The van der Waals surface area contributed by atoms with Gasteiger partial charge in [-0.3, -0.25) is 4.79 Å². The zero-order valence-corrected chi connectivity index (χ0v) is 19.5. The van der Waals surface area contributed by atoms with Crippen LogP contribution in [0.1, 0.15) is 16.8 Å². The fraction of sp³-hybridized carbons (Fsp3) is 0.217. The van der Waals surface area contributed by atoms with Gasteiger partial charge in [-0.15, -0.1) is 0 Å². The second-order valence-electron chi connectivity index (χ2n) is 7.48. The van der Waals surface area contributed by atoms with E-state index in [1.807, 2.05) is 0 Å². The fourth-order valence-corrected chi connectivity index (χ4v) is 5.16. The number of nitrogens with one attached hydrogen (secondary N) is 1. The van der Waals surface area contributed by atoms with E-state index in [0.717, 1.165) is 0 Å². The number of carbonyl (C=O) groups is 1. The molecule has 1 aromatic heterocycles. The number of hydrogen-bond acceptors (Lipinski definition) is 7. The number of nitrogens with zero attached hydrogens (tertiary/aromatic N) is 2. The van der Waals surface area contributed by atoms with E-state index < -0.39 is 21.6 Å². The Balaban J connectivity index is 1.65. The molecule has 0 saturated heterocycles. The van der Waals surface area contributed by atoms with Crippen LogP contribution in [0, 0.1) is 5.82 Å². The maximum atomic E-state index is 13.4. The molecular formula is C23H22FN3O6S. The van der Waals surface area contributed by atoms with Crippen molar-refractivity contribution in [2.24, 2.45) is 0 Å². The van der Waals surface area contributed by atoms with Crippen molar-refractivity contribution in [3.8, 4) is 22.9 Å². The first-order chi connectivity index (χ1) is 16.2. The van der Waals surface area contributed by atoms with Crippen molar-refractivity contribution in [2.75, 3.05) is 26.6 Å². The number of amides is 1. The molecule has 4 rings (SSSR count). The summed E-state index contributed by atoms with van der Waals surface area (Å²) in [5.74, 6) is 0.109. The average molecular weight is 488 g/mol. The van der Waals surface area contributed by atoms with Crippen molar-refractivity contribution in [2.45, 2.75) is 11.5 Å². The number of anilines is 1. The molecule has 1 amide bonds. The molecule has 3 aromatic rings. The van der Waals surface area contributed by atoms with E-state index in [4.69, 9.17) is 14.2 Å². The maximum Gasteiger partial charge on any atom is 0.249 e. The van der Waals surface area contributed by atoms with E-state index in [-0.39, 0.29) is 17.3 Å². The number of halogens is 1. The molecule has 0 aliphatic carbocycles. The third kappa shape index (κ3) is 4.60. The van der Waals surface area contributed by atoms with Crippen molar-refractivity contribution in [1.82, 2.24) is 9.78 Å². The van der Waals surface area contributed by atoms with Crippen molar-refractivity contribution < 1.29 is 31.8 Å². The number of hydrogen-bond donors (Lipinski definition) is 1. The number of aromatic nitrogens is 2. The van der Waals surface area contributed by atoms with E-state index in [0.29, 0.717) is 39.8 Å². The van der Waals surface area contributed by atoms with Gasteiger partial charge in [-0.1, -0.05) is 0 Å². The summed E-state index contributed by atoms with van der Waals surface area (Å²) < 4.78 is 54.9. The number of rotatable bonds is 7. The second kappa shape index (κ2) is 9.18. The molecule has 2 heterocycles. The lowest BCUT2D eigenvalue weighted by atomic mass is 10.1. The van der Waals surface area contributed by atoms with E-state index in [2.05, 4.69) is 10.4 Å². The molecule has 1 aliphatic rings. The van der Waals surface area contributed by atoms with Crippen molar-refractivity contribution in [3.63, 3.8) is 0 Å². The maximum absolute atomic E-state index is 13.4. The highest BCUT2D eigenvalue weighted by molar-refractivity contribution is 7.90. The molecule has 11 heteroatoms. The van der Waals surface area contributed by atoms with Gasteiger partial charge in [-0.25, -0.2) is 17.5 Å². The Bertz CT molecular complexity index is 1360. The number of sulfone groups is 1. The first-order valence-corrected chi connectivity index (χ1v) is 11.9. The van der Waals surface area contributed by atoms with Gasteiger partial charge in [0.2, 0.25) is 11.7 Å². The first kappa shape index (κ1) is 23.3. The van der Waals surface area contributed by atoms with Gasteiger partial charge in [-0.2, -0.15) is 5.10 Å². The molecule has 2 aromatic carbocycles. The molecule has 0 saturated carbocycles. The van der Waals surface area contributed by atoms with Crippen LogP contribution in [-0.4, -0.2) is 45.4 Å². The van der Waals surface area contributed by atoms with Crippen LogP contribution in [-0.2, 0) is 26.1 Å². The summed E-state index contributed by atoms with van der Waals surface area (Å²) in [6, 6.07) is 8.86. The highest BCUT2D eigenvalue weighted by atomic mass is 32.2. The minimum absolute atomic E-state index is 0.222. The van der Waals surface area contributed by atoms with Gasteiger partial charge < -0.3 is 19.5 Å². The van der Waals surface area contributed by atoms with Gasteiger partial charge in [0.25, 0.3) is 0 Å². The molecule has 0 radical (unpaired) electrons. The molecule has 9 nitrogen and oxygen atoms in total. The molecule has 34 heavy (non-hydrogen) atoms. The van der Waals surface area contributed by atoms with Crippen molar-refractivity contribution in [3.05, 3.63) is 65.1 Å². The largest absolute Gasteiger partial charge is 0.493 e. The van der Waals surface area contributed by atoms with Crippen LogP contribution < -0.4 is 19.5 Å². The summed E-state index contributed by atoms with van der Waals surface area (Å²) in [5, 5.41) is 7.07. The predicted octanol–water partition coefficient (Wildman–Crippen LogP) is 3.12. The summed E-state index contributed by atoms with van der Waals surface area (Å²) in [6.45, 7) is 0. The van der Waals surface area contributed by atoms with Crippen LogP contribution in [0.2, 0.25) is 0 Å². The molecule has 0 atom stereocenters. The molecule has 0 unspecified atom stereocenters. The molecule has 178 valence electrons. The molecule has 1 N–H and O–H groups in total. The quantitative estimate of drug-likeness (QED) is 0.510. The van der Waals surface area contributed by atoms with Crippen molar-refractivity contribution >= 4 is 27.6 Å². The Kier molecular flexibility index (Phi) is 6.29. The van der Waals surface area contributed by atoms with Gasteiger partial charge in [0.1, 0.15) is 11.6 Å². The summed E-state index contributed by atoms with van der Waals surface area (Å²) >= 11 is 0. The van der Waals surface area contributed by atoms with Crippen LogP contribution in [0.3, 0.4) is 0 Å². The summed E-state index contributed by atoms with van der Waals surface area (Å²) in [5.41, 5.74) is 1.87. The molecule has 0 spiro atoms.